The maximum Gasteiger partial charge on any atom is -0.0147 e. The third-order valence-corrected chi connectivity index (χ3v) is 3.64. The van der Waals surface area contributed by atoms with E-state index in [9.17, 15) is 0 Å². The molecule has 70 valence electrons. The van der Waals surface area contributed by atoms with Crippen LogP contribution in [0.2, 0.25) is 0 Å². The Morgan fingerprint density at radius 3 is 2.17 bits per heavy atom. The van der Waals surface area contributed by atoms with Crippen molar-refractivity contribution in [1.29, 1.82) is 0 Å². The van der Waals surface area contributed by atoms with Crippen molar-refractivity contribution in [2.24, 2.45) is 5.41 Å². The molecule has 0 amide bonds. The van der Waals surface area contributed by atoms with E-state index in [1.807, 2.05) is 0 Å². The van der Waals surface area contributed by atoms with Crippen molar-refractivity contribution in [3.05, 3.63) is 11.1 Å². The summed E-state index contributed by atoms with van der Waals surface area (Å²) in [5.41, 5.74) is 3.86. The minimum atomic E-state index is 0.444. The van der Waals surface area contributed by atoms with Crippen LogP contribution < -0.4 is 0 Å². The summed E-state index contributed by atoms with van der Waals surface area (Å²) >= 11 is 0. The largest absolute Gasteiger partial charge is 0.0707 e. The molecule has 0 N–H and O–H groups in total. The second-order valence-corrected chi connectivity index (χ2v) is 4.67. The van der Waals surface area contributed by atoms with Gasteiger partial charge in [0.25, 0.3) is 0 Å². The standard InChI is InChI=1S/C12H22/c1-5-12(3,4)10(2)11-8-6-7-9-11/h5-9H2,1-4H3. The molecule has 0 nitrogen and oxygen atoms in total. The SMILES string of the molecule is CCC(C)(C)C(C)=C1CCCC1. The Balaban J connectivity index is 2.79. The molecular formula is C12H22. The summed E-state index contributed by atoms with van der Waals surface area (Å²) in [6.07, 6.45) is 6.85. The number of rotatable bonds is 2. The lowest BCUT2D eigenvalue weighted by molar-refractivity contribution is 0.423. The zero-order valence-corrected chi connectivity index (χ0v) is 9.04. The second-order valence-electron chi connectivity index (χ2n) is 4.67. The first-order valence-corrected chi connectivity index (χ1v) is 5.27. The van der Waals surface area contributed by atoms with Crippen molar-refractivity contribution in [2.45, 2.75) is 59.8 Å². The Bertz CT molecular complexity index is 176. The van der Waals surface area contributed by atoms with Crippen LogP contribution in [0.5, 0.6) is 0 Å². The fourth-order valence-corrected chi connectivity index (χ4v) is 1.92. The highest BCUT2D eigenvalue weighted by Gasteiger charge is 2.21. The Hall–Kier alpha value is -0.260. The number of allylic oxidation sites excluding steroid dienone is 2. The molecule has 1 fully saturated rings. The topological polar surface area (TPSA) is 0 Å². The molecule has 0 bridgehead atoms. The minimum absolute atomic E-state index is 0.444. The molecule has 0 heterocycles. The van der Waals surface area contributed by atoms with Gasteiger partial charge in [0.2, 0.25) is 0 Å². The van der Waals surface area contributed by atoms with E-state index < -0.39 is 0 Å². The predicted molar refractivity (Wildman–Crippen MR) is 55.2 cm³/mol. The van der Waals surface area contributed by atoms with Crippen molar-refractivity contribution in [3.63, 3.8) is 0 Å². The summed E-state index contributed by atoms with van der Waals surface area (Å²) in [4.78, 5) is 0. The highest BCUT2D eigenvalue weighted by atomic mass is 14.3. The predicted octanol–water partition coefficient (Wildman–Crippen LogP) is 4.31. The minimum Gasteiger partial charge on any atom is -0.0707 e. The molecule has 0 heteroatoms. The van der Waals surface area contributed by atoms with E-state index >= 15 is 0 Å². The van der Waals surface area contributed by atoms with E-state index in [-0.39, 0.29) is 0 Å². The molecule has 0 unspecified atom stereocenters. The summed E-state index contributed by atoms with van der Waals surface area (Å²) in [6.45, 7) is 9.37. The average molecular weight is 166 g/mol. The van der Waals surface area contributed by atoms with Crippen molar-refractivity contribution in [3.8, 4) is 0 Å². The van der Waals surface area contributed by atoms with Gasteiger partial charge in [-0.15, -0.1) is 0 Å². The van der Waals surface area contributed by atoms with Crippen LogP contribution in [0.3, 0.4) is 0 Å². The van der Waals surface area contributed by atoms with Crippen LogP contribution in [0.25, 0.3) is 0 Å². The Kier molecular flexibility index (Phi) is 2.98. The van der Waals surface area contributed by atoms with E-state index in [0.717, 1.165) is 0 Å². The van der Waals surface area contributed by atoms with Crippen molar-refractivity contribution in [2.75, 3.05) is 0 Å². The van der Waals surface area contributed by atoms with E-state index in [1.54, 1.807) is 11.1 Å². The molecule has 0 aromatic heterocycles. The lowest BCUT2D eigenvalue weighted by Crippen LogP contribution is -2.12. The van der Waals surface area contributed by atoms with Crippen molar-refractivity contribution in [1.82, 2.24) is 0 Å². The van der Waals surface area contributed by atoms with Crippen molar-refractivity contribution < 1.29 is 0 Å². The molecule has 0 saturated heterocycles. The smallest absolute Gasteiger partial charge is 0.0147 e. The molecule has 1 rings (SSSR count). The van der Waals surface area contributed by atoms with Gasteiger partial charge in [0, 0.05) is 0 Å². The van der Waals surface area contributed by atoms with Gasteiger partial charge in [0.05, 0.1) is 0 Å². The van der Waals surface area contributed by atoms with Crippen LogP contribution in [0, 0.1) is 5.41 Å². The lowest BCUT2D eigenvalue weighted by atomic mass is 9.80. The molecule has 1 aliphatic rings. The maximum atomic E-state index is 2.37. The molecule has 0 aromatic carbocycles. The van der Waals surface area contributed by atoms with Gasteiger partial charge < -0.3 is 0 Å². The molecular weight excluding hydrogens is 144 g/mol. The molecule has 0 aliphatic heterocycles. The maximum absolute atomic E-state index is 2.37. The van der Waals surface area contributed by atoms with E-state index in [2.05, 4.69) is 27.7 Å². The summed E-state index contributed by atoms with van der Waals surface area (Å²) in [5.74, 6) is 0. The van der Waals surface area contributed by atoms with Gasteiger partial charge in [-0.25, -0.2) is 0 Å². The third-order valence-electron chi connectivity index (χ3n) is 3.64. The first-order valence-electron chi connectivity index (χ1n) is 5.27. The molecule has 0 spiro atoms. The molecule has 0 radical (unpaired) electrons. The van der Waals surface area contributed by atoms with E-state index in [4.69, 9.17) is 0 Å². The highest BCUT2D eigenvalue weighted by Crippen LogP contribution is 2.37. The highest BCUT2D eigenvalue weighted by molar-refractivity contribution is 5.20. The fourth-order valence-electron chi connectivity index (χ4n) is 1.92. The van der Waals surface area contributed by atoms with E-state index in [0.29, 0.717) is 5.41 Å². The van der Waals surface area contributed by atoms with Crippen LogP contribution in [-0.4, -0.2) is 0 Å². The first kappa shape index (κ1) is 9.83. The quantitative estimate of drug-likeness (QED) is 0.536. The summed E-state index contributed by atoms with van der Waals surface area (Å²) in [5, 5.41) is 0. The molecule has 0 aromatic rings. The van der Waals surface area contributed by atoms with Crippen LogP contribution in [0.15, 0.2) is 11.1 Å². The van der Waals surface area contributed by atoms with Crippen molar-refractivity contribution >= 4 is 0 Å². The second kappa shape index (κ2) is 3.64. The fraction of sp³-hybridized carbons (Fsp3) is 0.833. The van der Waals surface area contributed by atoms with Crippen LogP contribution >= 0.6 is 0 Å². The molecule has 1 saturated carbocycles. The Morgan fingerprint density at radius 2 is 1.75 bits per heavy atom. The summed E-state index contributed by atoms with van der Waals surface area (Å²) in [7, 11) is 0. The van der Waals surface area contributed by atoms with E-state index in [1.165, 1.54) is 32.1 Å². The van der Waals surface area contributed by atoms with Gasteiger partial charge in [-0.1, -0.05) is 31.9 Å². The Morgan fingerprint density at radius 1 is 1.25 bits per heavy atom. The van der Waals surface area contributed by atoms with Gasteiger partial charge >= 0.3 is 0 Å². The zero-order chi connectivity index (χ0) is 9.19. The molecule has 0 atom stereocenters. The van der Waals surface area contributed by atoms with Gasteiger partial charge in [-0.3, -0.25) is 0 Å². The molecule has 12 heavy (non-hydrogen) atoms. The summed E-state index contributed by atoms with van der Waals surface area (Å²) in [6, 6.07) is 0. The Labute approximate surface area is 77.1 Å². The normalized spacial score (nSPS) is 18.5. The first-order chi connectivity index (χ1) is 5.58. The van der Waals surface area contributed by atoms with Crippen LogP contribution in [0.1, 0.15) is 59.8 Å². The third kappa shape index (κ3) is 1.91. The number of hydrogen-bond donors (Lipinski definition) is 0. The zero-order valence-electron chi connectivity index (χ0n) is 9.04. The number of hydrogen-bond acceptors (Lipinski definition) is 0. The average Bonchev–Trinajstić information content (AvgIpc) is 2.55. The molecule has 1 aliphatic carbocycles. The van der Waals surface area contributed by atoms with Gasteiger partial charge in [0.1, 0.15) is 0 Å². The lowest BCUT2D eigenvalue weighted by Gasteiger charge is -2.26. The van der Waals surface area contributed by atoms with Crippen LogP contribution in [0.4, 0.5) is 0 Å². The van der Waals surface area contributed by atoms with Gasteiger partial charge in [-0.2, -0.15) is 0 Å². The van der Waals surface area contributed by atoms with Crippen LogP contribution in [-0.2, 0) is 0 Å². The van der Waals surface area contributed by atoms with Gasteiger partial charge in [-0.05, 0) is 44.4 Å². The van der Waals surface area contributed by atoms with Gasteiger partial charge in [0.15, 0.2) is 0 Å². The monoisotopic (exact) mass is 166 g/mol. The summed E-state index contributed by atoms with van der Waals surface area (Å²) < 4.78 is 0.